The molecule has 0 aliphatic carbocycles. The van der Waals surface area contributed by atoms with Crippen molar-refractivity contribution in [3.8, 4) is 0 Å². The minimum absolute atomic E-state index is 0.879. The number of nitrogens with zero attached hydrogens (tertiary/aromatic N) is 2. The number of aromatic amines is 1. The quantitative estimate of drug-likeness (QED) is 0.860. The molecule has 2 N–H and O–H groups in total. The summed E-state index contributed by atoms with van der Waals surface area (Å²) in [5.74, 6) is 0. The molecule has 0 fully saturated rings. The van der Waals surface area contributed by atoms with Gasteiger partial charge in [-0.2, -0.15) is 0 Å². The number of fused-ring (bicyclic) bond motifs is 1. The Kier molecular flexibility index (Phi) is 2.27. The molecule has 0 amide bonds. The Morgan fingerprint density at radius 2 is 2.21 bits per heavy atom. The fraction of sp³-hybridized carbons (Fsp3) is 0.200. The summed E-state index contributed by atoms with van der Waals surface area (Å²) >= 11 is 0. The molecule has 4 rings (SSSR count). The van der Waals surface area contributed by atoms with Gasteiger partial charge >= 0.3 is 0 Å². The van der Waals surface area contributed by atoms with Crippen molar-refractivity contribution < 1.29 is 0 Å². The highest BCUT2D eigenvalue weighted by molar-refractivity contribution is 6.05. The van der Waals surface area contributed by atoms with Gasteiger partial charge in [0.2, 0.25) is 0 Å². The second-order valence-corrected chi connectivity index (χ2v) is 4.88. The van der Waals surface area contributed by atoms with Crippen LogP contribution in [-0.2, 0) is 6.42 Å². The molecule has 0 radical (unpaired) electrons. The Hall–Kier alpha value is -2.36. The monoisotopic (exact) mass is 250 g/mol. The molecule has 19 heavy (non-hydrogen) atoms. The highest BCUT2D eigenvalue weighted by Crippen LogP contribution is 2.31. The third-order valence-electron chi connectivity index (χ3n) is 3.63. The van der Waals surface area contributed by atoms with Gasteiger partial charge in [-0.05, 0) is 23.6 Å². The van der Waals surface area contributed by atoms with Crippen LogP contribution in [0.5, 0.6) is 0 Å². The highest BCUT2D eigenvalue weighted by atomic mass is 14.9. The average molecular weight is 250 g/mol. The highest BCUT2D eigenvalue weighted by Gasteiger charge is 2.18. The van der Waals surface area contributed by atoms with Crippen molar-refractivity contribution in [1.82, 2.24) is 15.3 Å². The van der Waals surface area contributed by atoms with Gasteiger partial charge in [0.05, 0.1) is 29.6 Å². The zero-order chi connectivity index (χ0) is 12.7. The van der Waals surface area contributed by atoms with E-state index < -0.39 is 0 Å². The zero-order valence-corrected chi connectivity index (χ0v) is 10.5. The second kappa shape index (κ2) is 4.09. The molecule has 2 aliphatic heterocycles. The molecule has 4 heteroatoms. The number of hydrogen-bond donors (Lipinski definition) is 2. The van der Waals surface area contributed by atoms with E-state index in [0.29, 0.717) is 0 Å². The van der Waals surface area contributed by atoms with Crippen LogP contribution in [0.25, 0.3) is 5.70 Å². The van der Waals surface area contributed by atoms with Crippen molar-refractivity contribution in [2.45, 2.75) is 12.8 Å². The van der Waals surface area contributed by atoms with Crippen molar-refractivity contribution in [1.29, 1.82) is 0 Å². The van der Waals surface area contributed by atoms with E-state index in [1.807, 2.05) is 6.20 Å². The summed E-state index contributed by atoms with van der Waals surface area (Å²) in [5, 5.41) is 3.40. The van der Waals surface area contributed by atoms with Gasteiger partial charge in [-0.15, -0.1) is 0 Å². The van der Waals surface area contributed by atoms with Gasteiger partial charge in [0.15, 0.2) is 0 Å². The molecule has 0 saturated carbocycles. The second-order valence-electron chi connectivity index (χ2n) is 4.88. The lowest BCUT2D eigenvalue weighted by Crippen LogP contribution is -2.06. The molecule has 94 valence electrons. The molecular weight excluding hydrogens is 236 g/mol. The summed E-state index contributed by atoms with van der Waals surface area (Å²) in [6.07, 6.45) is 7.75. The molecular formula is C15H14N4. The Morgan fingerprint density at radius 3 is 3.00 bits per heavy atom. The fourth-order valence-electron chi connectivity index (χ4n) is 2.63. The van der Waals surface area contributed by atoms with Gasteiger partial charge in [0, 0.05) is 18.7 Å². The lowest BCUT2D eigenvalue weighted by molar-refractivity contribution is 0.928. The van der Waals surface area contributed by atoms with Crippen molar-refractivity contribution in [3.63, 3.8) is 0 Å². The Bertz CT molecular complexity index is 680. The summed E-state index contributed by atoms with van der Waals surface area (Å²) in [7, 11) is 0. The van der Waals surface area contributed by atoms with Crippen LogP contribution < -0.4 is 5.32 Å². The Balaban J connectivity index is 1.71. The predicted molar refractivity (Wildman–Crippen MR) is 75.5 cm³/mol. The van der Waals surface area contributed by atoms with E-state index in [1.165, 1.54) is 16.8 Å². The lowest BCUT2D eigenvalue weighted by Gasteiger charge is -2.05. The van der Waals surface area contributed by atoms with E-state index in [1.54, 1.807) is 6.33 Å². The van der Waals surface area contributed by atoms with Crippen LogP contribution in [0.15, 0.2) is 41.8 Å². The third-order valence-corrected chi connectivity index (χ3v) is 3.63. The molecule has 1 aromatic heterocycles. The number of H-pyrrole nitrogens is 1. The predicted octanol–water partition coefficient (Wildman–Crippen LogP) is 2.42. The van der Waals surface area contributed by atoms with Gasteiger partial charge in [0.25, 0.3) is 0 Å². The molecule has 0 bridgehead atoms. The summed E-state index contributed by atoms with van der Waals surface area (Å²) in [6.45, 7) is 1.04. The molecule has 2 aromatic rings. The van der Waals surface area contributed by atoms with Crippen LogP contribution in [0, 0.1) is 0 Å². The normalized spacial score (nSPS) is 16.8. The number of imidazole rings is 1. The van der Waals surface area contributed by atoms with Crippen molar-refractivity contribution in [2.75, 3.05) is 6.54 Å². The third kappa shape index (κ3) is 1.76. The smallest absolute Gasteiger partial charge is 0.0924 e. The number of aromatic nitrogens is 2. The van der Waals surface area contributed by atoms with Gasteiger partial charge in [0.1, 0.15) is 0 Å². The van der Waals surface area contributed by atoms with Crippen molar-refractivity contribution >= 4 is 17.1 Å². The van der Waals surface area contributed by atoms with E-state index in [-0.39, 0.29) is 0 Å². The summed E-state index contributed by atoms with van der Waals surface area (Å²) < 4.78 is 0. The van der Waals surface area contributed by atoms with Crippen LogP contribution in [-0.4, -0.2) is 22.2 Å². The first kappa shape index (κ1) is 10.6. The van der Waals surface area contributed by atoms with E-state index in [9.17, 15) is 0 Å². The summed E-state index contributed by atoms with van der Waals surface area (Å²) in [5.41, 5.74) is 6.90. The van der Waals surface area contributed by atoms with E-state index in [0.717, 1.165) is 36.5 Å². The maximum atomic E-state index is 4.72. The van der Waals surface area contributed by atoms with Crippen LogP contribution in [0.4, 0.5) is 5.69 Å². The van der Waals surface area contributed by atoms with Crippen LogP contribution in [0.2, 0.25) is 0 Å². The molecule has 0 atom stereocenters. The molecule has 3 heterocycles. The standard InChI is InChI=1S/C15H14N4/c1-2-12(17-5-1)10-3-4-11-7-14(19-13(11)6-10)15-8-16-9-18-15/h2-4,6,8-9,17H,1,5,7H2,(H,16,18). The summed E-state index contributed by atoms with van der Waals surface area (Å²) in [6, 6.07) is 6.52. The maximum absolute atomic E-state index is 4.72. The summed E-state index contributed by atoms with van der Waals surface area (Å²) in [4.78, 5) is 11.9. The first-order valence-electron chi connectivity index (χ1n) is 6.54. The van der Waals surface area contributed by atoms with Crippen molar-refractivity contribution in [2.24, 2.45) is 4.99 Å². The first-order valence-corrected chi connectivity index (χ1v) is 6.54. The Morgan fingerprint density at radius 1 is 1.21 bits per heavy atom. The number of aliphatic imine (C=N–C) groups is 1. The minimum atomic E-state index is 0.879. The van der Waals surface area contributed by atoms with E-state index in [4.69, 9.17) is 4.99 Å². The van der Waals surface area contributed by atoms with Gasteiger partial charge in [-0.1, -0.05) is 18.2 Å². The maximum Gasteiger partial charge on any atom is 0.0924 e. The SMILES string of the molecule is C1=C(c2ccc3c(c2)N=C(c2cnc[nH]2)C3)NCC1. The fourth-order valence-corrected chi connectivity index (χ4v) is 2.63. The largest absolute Gasteiger partial charge is 0.385 e. The van der Waals surface area contributed by atoms with Gasteiger partial charge in [-0.3, -0.25) is 4.99 Å². The zero-order valence-electron chi connectivity index (χ0n) is 10.5. The molecule has 1 aromatic carbocycles. The molecule has 0 unspecified atom stereocenters. The lowest BCUT2D eigenvalue weighted by atomic mass is 10.0. The van der Waals surface area contributed by atoms with Crippen molar-refractivity contribution in [3.05, 3.63) is 53.6 Å². The average Bonchev–Trinajstić information content (AvgIpc) is 3.18. The van der Waals surface area contributed by atoms with Gasteiger partial charge in [-0.25, -0.2) is 4.98 Å². The number of nitrogens with one attached hydrogen (secondary N) is 2. The molecule has 0 saturated heterocycles. The molecule has 2 aliphatic rings. The number of hydrogen-bond acceptors (Lipinski definition) is 3. The first-order chi connectivity index (χ1) is 9.40. The van der Waals surface area contributed by atoms with Crippen LogP contribution in [0.1, 0.15) is 23.2 Å². The number of rotatable bonds is 2. The Labute approximate surface area is 111 Å². The minimum Gasteiger partial charge on any atom is -0.385 e. The van der Waals surface area contributed by atoms with E-state index >= 15 is 0 Å². The topological polar surface area (TPSA) is 53.1 Å². The van der Waals surface area contributed by atoms with Crippen LogP contribution >= 0.6 is 0 Å². The van der Waals surface area contributed by atoms with E-state index in [2.05, 4.69) is 39.6 Å². The molecule has 0 spiro atoms. The van der Waals surface area contributed by atoms with Gasteiger partial charge < -0.3 is 10.3 Å². The molecule has 4 nitrogen and oxygen atoms in total. The number of benzene rings is 1. The van der Waals surface area contributed by atoms with Crippen LogP contribution in [0.3, 0.4) is 0 Å².